The van der Waals surface area contributed by atoms with Crippen molar-refractivity contribution in [2.75, 3.05) is 26.2 Å². The SMILES string of the molecule is FC1(F)CCN(Cc2cccnc2)C[C@]12CCN(Cc1ccccn1)C2. The van der Waals surface area contributed by atoms with E-state index in [0.717, 1.165) is 11.3 Å². The van der Waals surface area contributed by atoms with Crippen molar-refractivity contribution in [3.63, 3.8) is 0 Å². The lowest BCUT2D eigenvalue weighted by molar-refractivity contribution is -0.163. The zero-order chi connectivity index (χ0) is 18.0. The molecule has 1 spiro atoms. The smallest absolute Gasteiger partial charge is 0.257 e. The van der Waals surface area contributed by atoms with Crippen molar-refractivity contribution >= 4 is 0 Å². The summed E-state index contributed by atoms with van der Waals surface area (Å²) < 4.78 is 29.8. The van der Waals surface area contributed by atoms with Crippen LogP contribution in [-0.4, -0.2) is 51.9 Å². The van der Waals surface area contributed by atoms with Crippen molar-refractivity contribution in [1.29, 1.82) is 0 Å². The van der Waals surface area contributed by atoms with Gasteiger partial charge in [-0.2, -0.15) is 0 Å². The standard InChI is InChI=1S/C20H24F2N4/c21-20(22)7-11-25(13-17-4-3-8-23-12-17)15-19(20)6-10-26(16-19)14-18-5-1-2-9-24-18/h1-5,8-9,12H,6-7,10-11,13-16H2/t19-/m0/s1. The van der Waals surface area contributed by atoms with Crippen LogP contribution in [0.4, 0.5) is 8.78 Å². The quantitative estimate of drug-likeness (QED) is 0.840. The fourth-order valence-corrected chi connectivity index (χ4v) is 4.31. The molecule has 6 heteroatoms. The summed E-state index contributed by atoms with van der Waals surface area (Å²) in [5, 5.41) is 0. The summed E-state index contributed by atoms with van der Waals surface area (Å²) in [6.45, 7) is 3.33. The van der Waals surface area contributed by atoms with Crippen LogP contribution in [0.5, 0.6) is 0 Å². The number of pyridine rings is 2. The number of nitrogens with zero attached hydrogens (tertiary/aromatic N) is 4. The number of aromatic nitrogens is 2. The average molecular weight is 358 g/mol. The Hall–Kier alpha value is -1.92. The van der Waals surface area contributed by atoms with Crippen LogP contribution in [0.15, 0.2) is 48.9 Å². The van der Waals surface area contributed by atoms with Crippen LogP contribution in [0.2, 0.25) is 0 Å². The molecule has 0 saturated carbocycles. The summed E-state index contributed by atoms with van der Waals surface area (Å²) in [6.07, 6.45) is 5.79. The predicted octanol–water partition coefficient (Wildman–Crippen LogP) is 3.21. The Balaban J connectivity index is 1.46. The molecule has 0 aliphatic carbocycles. The maximum Gasteiger partial charge on any atom is 0.257 e. The summed E-state index contributed by atoms with van der Waals surface area (Å²) >= 11 is 0. The van der Waals surface area contributed by atoms with Gasteiger partial charge in [0.25, 0.3) is 5.92 Å². The fraction of sp³-hybridized carbons (Fsp3) is 0.500. The number of hydrogen-bond donors (Lipinski definition) is 0. The molecule has 0 radical (unpaired) electrons. The van der Waals surface area contributed by atoms with Gasteiger partial charge in [-0.1, -0.05) is 12.1 Å². The van der Waals surface area contributed by atoms with Crippen molar-refractivity contribution < 1.29 is 8.78 Å². The van der Waals surface area contributed by atoms with E-state index in [0.29, 0.717) is 45.7 Å². The lowest BCUT2D eigenvalue weighted by Gasteiger charge is -2.46. The summed E-state index contributed by atoms with van der Waals surface area (Å²) in [4.78, 5) is 12.8. The number of halogens is 2. The third-order valence-electron chi connectivity index (χ3n) is 5.72. The molecule has 2 aromatic heterocycles. The van der Waals surface area contributed by atoms with Gasteiger partial charge in [-0.25, -0.2) is 8.78 Å². The maximum absolute atomic E-state index is 14.9. The summed E-state index contributed by atoms with van der Waals surface area (Å²) in [5.41, 5.74) is 1.06. The number of alkyl halides is 2. The molecule has 4 heterocycles. The Morgan fingerprint density at radius 2 is 1.73 bits per heavy atom. The number of hydrogen-bond acceptors (Lipinski definition) is 4. The van der Waals surface area contributed by atoms with Crippen molar-refractivity contribution in [2.24, 2.45) is 5.41 Å². The van der Waals surface area contributed by atoms with Crippen molar-refractivity contribution in [2.45, 2.75) is 31.9 Å². The van der Waals surface area contributed by atoms with Crippen LogP contribution < -0.4 is 0 Å². The molecule has 138 valence electrons. The first-order valence-electron chi connectivity index (χ1n) is 9.18. The van der Waals surface area contributed by atoms with Crippen LogP contribution >= 0.6 is 0 Å². The van der Waals surface area contributed by atoms with Gasteiger partial charge in [0, 0.05) is 57.7 Å². The van der Waals surface area contributed by atoms with E-state index in [-0.39, 0.29) is 6.42 Å². The van der Waals surface area contributed by atoms with Crippen molar-refractivity contribution in [1.82, 2.24) is 19.8 Å². The molecule has 0 amide bonds. The minimum absolute atomic E-state index is 0.0648. The number of likely N-dealkylation sites (tertiary alicyclic amines) is 2. The highest BCUT2D eigenvalue weighted by Crippen LogP contribution is 2.49. The molecule has 2 fully saturated rings. The fourth-order valence-electron chi connectivity index (χ4n) is 4.31. The molecule has 2 aliphatic heterocycles. The van der Waals surface area contributed by atoms with Gasteiger partial charge in [0.05, 0.1) is 11.1 Å². The van der Waals surface area contributed by atoms with E-state index in [4.69, 9.17) is 0 Å². The molecule has 4 rings (SSSR count). The highest BCUT2D eigenvalue weighted by atomic mass is 19.3. The number of piperidine rings is 1. The zero-order valence-electron chi connectivity index (χ0n) is 14.8. The summed E-state index contributed by atoms with van der Waals surface area (Å²) in [6, 6.07) is 9.68. The Morgan fingerprint density at radius 1 is 0.923 bits per heavy atom. The average Bonchev–Trinajstić information content (AvgIpc) is 3.04. The van der Waals surface area contributed by atoms with Crippen LogP contribution in [0.25, 0.3) is 0 Å². The monoisotopic (exact) mass is 358 g/mol. The van der Waals surface area contributed by atoms with Crippen LogP contribution in [0.3, 0.4) is 0 Å². The van der Waals surface area contributed by atoms with Crippen molar-refractivity contribution in [3.8, 4) is 0 Å². The Bertz CT molecular complexity index is 725. The molecule has 26 heavy (non-hydrogen) atoms. The normalized spacial score (nSPS) is 26.4. The molecule has 2 aliphatic rings. The molecular weight excluding hydrogens is 334 g/mol. The summed E-state index contributed by atoms with van der Waals surface area (Å²) in [7, 11) is 0. The zero-order valence-corrected chi connectivity index (χ0v) is 14.8. The molecule has 2 aromatic rings. The second-order valence-electron chi connectivity index (χ2n) is 7.59. The van der Waals surface area contributed by atoms with Gasteiger partial charge >= 0.3 is 0 Å². The van der Waals surface area contributed by atoms with Gasteiger partial charge in [-0.3, -0.25) is 19.8 Å². The first-order valence-corrected chi connectivity index (χ1v) is 9.18. The van der Waals surface area contributed by atoms with E-state index in [1.165, 1.54) is 0 Å². The highest BCUT2D eigenvalue weighted by Gasteiger charge is 2.59. The Morgan fingerprint density at radius 3 is 2.46 bits per heavy atom. The first-order chi connectivity index (χ1) is 12.6. The molecule has 1 atom stereocenters. The summed E-state index contributed by atoms with van der Waals surface area (Å²) in [5.74, 6) is -2.61. The van der Waals surface area contributed by atoms with Gasteiger partial charge in [-0.15, -0.1) is 0 Å². The molecular formula is C20H24F2N4. The lowest BCUT2D eigenvalue weighted by Crippen LogP contribution is -2.56. The second-order valence-corrected chi connectivity index (χ2v) is 7.59. The van der Waals surface area contributed by atoms with E-state index in [1.54, 1.807) is 12.4 Å². The third-order valence-corrected chi connectivity index (χ3v) is 5.72. The van der Waals surface area contributed by atoms with E-state index >= 15 is 0 Å². The maximum atomic E-state index is 14.9. The molecule has 0 aromatic carbocycles. The predicted molar refractivity (Wildman–Crippen MR) is 95.6 cm³/mol. The van der Waals surface area contributed by atoms with Gasteiger partial charge < -0.3 is 0 Å². The minimum atomic E-state index is -2.61. The molecule has 0 N–H and O–H groups in total. The van der Waals surface area contributed by atoms with E-state index < -0.39 is 11.3 Å². The van der Waals surface area contributed by atoms with Crippen LogP contribution in [0, 0.1) is 5.41 Å². The van der Waals surface area contributed by atoms with E-state index in [2.05, 4.69) is 19.8 Å². The molecule has 4 nitrogen and oxygen atoms in total. The van der Waals surface area contributed by atoms with Crippen LogP contribution in [0.1, 0.15) is 24.1 Å². The second kappa shape index (κ2) is 7.00. The molecule has 0 unspecified atom stereocenters. The van der Waals surface area contributed by atoms with E-state index in [1.807, 2.05) is 36.5 Å². The van der Waals surface area contributed by atoms with Crippen LogP contribution in [-0.2, 0) is 13.1 Å². The van der Waals surface area contributed by atoms with E-state index in [9.17, 15) is 8.78 Å². The largest absolute Gasteiger partial charge is 0.298 e. The van der Waals surface area contributed by atoms with Crippen molar-refractivity contribution in [3.05, 3.63) is 60.2 Å². The first kappa shape index (κ1) is 17.5. The topological polar surface area (TPSA) is 32.3 Å². The van der Waals surface area contributed by atoms with Gasteiger partial charge in [-0.05, 0) is 36.7 Å². The van der Waals surface area contributed by atoms with Gasteiger partial charge in [0.2, 0.25) is 0 Å². The number of rotatable bonds is 4. The molecule has 0 bridgehead atoms. The van der Waals surface area contributed by atoms with Gasteiger partial charge in [0.1, 0.15) is 0 Å². The lowest BCUT2D eigenvalue weighted by atomic mass is 9.75. The van der Waals surface area contributed by atoms with Gasteiger partial charge in [0.15, 0.2) is 0 Å². The third kappa shape index (κ3) is 3.48. The Labute approximate surface area is 152 Å². The Kier molecular flexibility index (Phi) is 4.71. The highest BCUT2D eigenvalue weighted by molar-refractivity contribution is 5.11. The molecule has 2 saturated heterocycles. The minimum Gasteiger partial charge on any atom is -0.298 e.